The van der Waals surface area contributed by atoms with Crippen LogP contribution in [0.2, 0.25) is 0 Å². The summed E-state index contributed by atoms with van der Waals surface area (Å²) in [6, 6.07) is 6.05. The molecule has 5 heteroatoms. The zero-order chi connectivity index (χ0) is 13.0. The minimum Gasteiger partial charge on any atom is -0.296 e. The molecule has 0 aromatic heterocycles. The molecule has 0 bridgehead atoms. The maximum atomic E-state index is 13.5. The van der Waals surface area contributed by atoms with Crippen LogP contribution in [-0.2, 0) is 6.54 Å². The van der Waals surface area contributed by atoms with Crippen LogP contribution in [0.15, 0.2) is 18.2 Å². The molecule has 1 aliphatic rings. The predicted molar refractivity (Wildman–Crippen MR) is 63.7 cm³/mol. The summed E-state index contributed by atoms with van der Waals surface area (Å²) in [7, 11) is 0. The fraction of sp³-hybridized carbons (Fsp3) is 0.462. The minimum absolute atomic E-state index is 0.131. The zero-order valence-electron chi connectivity index (χ0n) is 10.1. The lowest BCUT2D eigenvalue weighted by Crippen LogP contribution is -2.46. The molecule has 0 saturated carbocycles. The third-order valence-electron chi connectivity index (χ3n) is 3.20. The topological polar surface area (TPSA) is 30.3 Å². The largest absolute Gasteiger partial charge is 0.296 e. The second-order valence-electron chi connectivity index (χ2n) is 4.41. The minimum atomic E-state index is -0.491. The maximum Gasteiger partial charge on any atom is 0.130 e. The van der Waals surface area contributed by atoms with Gasteiger partial charge in [-0.25, -0.2) is 8.78 Å². The van der Waals surface area contributed by atoms with Gasteiger partial charge >= 0.3 is 0 Å². The molecule has 1 saturated heterocycles. The first-order valence-corrected chi connectivity index (χ1v) is 5.95. The van der Waals surface area contributed by atoms with E-state index in [2.05, 4.69) is 6.07 Å². The van der Waals surface area contributed by atoms with Crippen LogP contribution < -0.4 is 0 Å². The highest BCUT2D eigenvalue weighted by molar-refractivity contribution is 5.19. The lowest BCUT2D eigenvalue weighted by molar-refractivity contribution is 0.136. The number of hydrogen-bond donors (Lipinski definition) is 0. The van der Waals surface area contributed by atoms with Crippen LogP contribution in [0.3, 0.4) is 0 Å². The molecule has 1 heterocycles. The number of nitrogens with zero attached hydrogens (tertiary/aromatic N) is 3. The van der Waals surface area contributed by atoms with Gasteiger partial charge in [-0.2, -0.15) is 5.26 Å². The molecule has 2 rings (SSSR count). The van der Waals surface area contributed by atoms with E-state index in [0.29, 0.717) is 13.1 Å². The van der Waals surface area contributed by atoms with Crippen LogP contribution in [0.1, 0.15) is 5.56 Å². The smallest absolute Gasteiger partial charge is 0.130 e. The Kier molecular flexibility index (Phi) is 4.24. The zero-order valence-corrected chi connectivity index (χ0v) is 10.1. The summed E-state index contributed by atoms with van der Waals surface area (Å²) < 4.78 is 27.0. The molecule has 3 nitrogen and oxygen atoms in total. The fourth-order valence-corrected chi connectivity index (χ4v) is 2.11. The van der Waals surface area contributed by atoms with Crippen LogP contribution in [-0.4, -0.2) is 42.5 Å². The van der Waals surface area contributed by atoms with E-state index in [1.807, 2.05) is 9.80 Å². The summed E-state index contributed by atoms with van der Waals surface area (Å²) in [4.78, 5) is 4.05. The number of hydrogen-bond acceptors (Lipinski definition) is 3. The molecule has 18 heavy (non-hydrogen) atoms. The van der Waals surface area contributed by atoms with E-state index in [9.17, 15) is 8.78 Å². The van der Waals surface area contributed by atoms with Crippen LogP contribution >= 0.6 is 0 Å². The molecule has 1 fully saturated rings. The summed E-state index contributed by atoms with van der Waals surface area (Å²) in [5.41, 5.74) is 0.131. The molecular formula is C13H15F2N3. The van der Waals surface area contributed by atoms with E-state index in [1.165, 1.54) is 18.2 Å². The molecule has 1 aromatic rings. The summed E-state index contributed by atoms with van der Waals surface area (Å²) in [6.45, 7) is 3.71. The summed E-state index contributed by atoms with van der Waals surface area (Å²) >= 11 is 0. The van der Waals surface area contributed by atoms with Crippen molar-refractivity contribution in [1.29, 1.82) is 5.26 Å². The Labute approximate surface area is 105 Å². The molecule has 0 radical (unpaired) electrons. The third kappa shape index (κ3) is 3.03. The molecule has 0 unspecified atom stereocenters. The number of nitriles is 1. The van der Waals surface area contributed by atoms with Gasteiger partial charge in [0, 0.05) is 38.3 Å². The number of halogens is 2. The van der Waals surface area contributed by atoms with E-state index < -0.39 is 11.6 Å². The summed E-state index contributed by atoms with van der Waals surface area (Å²) in [5, 5.41) is 8.59. The van der Waals surface area contributed by atoms with Gasteiger partial charge in [0.05, 0.1) is 12.6 Å². The Morgan fingerprint density at radius 1 is 1.06 bits per heavy atom. The molecule has 0 aliphatic carbocycles. The first-order valence-electron chi connectivity index (χ1n) is 5.95. The van der Waals surface area contributed by atoms with Crippen LogP contribution in [0.25, 0.3) is 0 Å². The first-order chi connectivity index (χ1) is 8.70. The van der Waals surface area contributed by atoms with Gasteiger partial charge in [-0.15, -0.1) is 0 Å². The lowest BCUT2D eigenvalue weighted by Gasteiger charge is -2.33. The summed E-state index contributed by atoms with van der Waals surface area (Å²) in [6.07, 6.45) is 0. The van der Waals surface area contributed by atoms with Gasteiger partial charge in [0.2, 0.25) is 0 Å². The van der Waals surface area contributed by atoms with Crippen LogP contribution in [0.5, 0.6) is 0 Å². The van der Waals surface area contributed by atoms with Crippen molar-refractivity contribution in [3.8, 4) is 6.07 Å². The fourth-order valence-electron chi connectivity index (χ4n) is 2.11. The van der Waals surface area contributed by atoms with E-state index in [-0.39, 0.29) is 5.56 Å². The Morgan fingerprint density at radius 3 is 2.17 bits per heavy atom. The van der Waals surface area contributed by atoms with Crippen molar-refractivity contribution in [2.75, 3.05) is 32.7 Å². The van der Waals surface area contributed by atoms with Crippen molar-refractivity contribution in [3.63, 3.8) is 0 Å². The SMILES string of the molecule is N#CCN1CCN(Cc2c(F)cccc2F)CC1. The van der Waals surface area contributed by atoms with E-state index in [4.69, 9.17) is 5.26 Å². The quantitative estimate of drug-likeness (QED) is 0.764. The van der Waals surface area contributed by atoms with Gasteiger partial charge in [0.1, 0.15) is 11.6 Å². The Bertz CT molecular complexity index is 428. The number of benzene rings is 1. The monoisotopic (exact) mass is 251 g/mol. The lowest BCUT2D eigenvalue weighted by atomic mass is 10.1. The normalized spacial score (nSPS) is 17.6. The molecule has 1 aliphatic heterocycles. The van der Waals surface area contributed by atoms with Gasteiger partial charge in [0.15, 0.2) is 0 Å². The summed E-state index contributed by atoms with van der Waals surface area (Å²) in [5.74, 6) is -0.982. The molecule has 0 spiro atoms. The van der Waals surface area contributed by atoms with Crippen LogP contribution in [0, 0.1) is 23.0 Å². The van der Waals surface area contributed by atoms with Crippen molar-refractivity contribution in [2.45, 2.75) is 6.54 Å². The second-order valence-corrected chi connectivity index (χ2v) is 4.41. The Hall–Kier alpha value is -1.51. The molecule has 96 valence electrons. The second kappa shape index (κ2) is 5.89. The predicted octanol–water partition coefficient (Wildman–Crippen LogP) is 1.61. The Balaban J connectivity index is 1.94. The molecule has 1 aromatic carbocycles. The van der Waals surface area contributed by atoms with Crippen molar-refractivity contribution in [1.82, 2.24) is 9.80 Å². The van der Waals surface area contributed by atoms with Crippen molar-refractivity contribution >= 4 is 0 Å². The van der Waals surface area contributed by atoms with Crippen molar-refractivity contribution in [2.24, 2.45) is 0 Å². The highest BCUT2D eigenvalue weighted by atomic mass is 19.1. The highest BCUT2D eigenvalue weighted by Crippen LogP contribution is 2.15. The van der Waals surface area contributed by atoms with Gasteiger partial charge in [-0.3, -0.25) is 9.80 Å². The van der Waals surface area contributed by atoms with Gasteiger partial charge in [-0.1, -0.05) is 6.07 Å². The third-order valence-corrected chi connectivity index (χ3v) is 3.20. The van der Waals surface area contributed by atoms with Gasteiger partial charge in [0.25, 0.3) is 0 Å². The average molecular weight is 251 g/mol. The van der Waals surface area contributed by atoms with E-state index >= 15 is 0 Å². The Morgan fingerprint density at radius 2 is 1.61 bits per heavy atom. The number of rotatable bonds is 3. The van der Waals surface area contributed by atoms with Gasteiger partial charge in [-0.05, 0) is 12.1 Å². The molecular weight excluding hydrogens is 236 g/mol. The van der Waals surface area contributed by atoms with Crippen molar-refractivity contribution in [3.05, 3.63) is 35.4 Å². The van der Waals surface area contributed by atoms with E-state index in [0.717, 1.165) is 26.2 Å². The number of piperazine rings is 1. The highest BCUT2D eigenvalue weighted by Gasteiger charge is 2.19. The van der Waals surface area contributed by atoms with Crippen LogP contribution in [0.4, 0.5) is 8.78 Å². The van der Waals surface area contributed by atoms with Gasteiger partial charge < -0.3 is 0 Å². The first kappa shape index (κ1) is 12.9. The average Bonchev–Trinajstić information content (AvgIpc) is 2.36. The molecule has 0 N–H and O–H groups in total. The van der Waals surface area contributed by atoms with Crippen molar-refractivity contribution < 1.29 is 8.78 Å². The maximum absolute atomic E-state index is 13.5. The van der Waals surface area contributed by atoms with E-state index in [1.54, 1.807) is 0 Å². The molecule has 0 amide bonds. The molecule has 0 atom stereocenters. The standard InChI is InChI=1S/C13H15F2N3/c14-12-2-1-3-13(15)11(12)10-18-8-6-17(5-4-16)7-9-18/h1-3H,5-10H2.